The van der Waals surface area contributed by atoms with Gasteiger partial charge >= 0.3 is 0 Å². The summed E-state index contributed by atoms with van der Waals surface area (Å²) < 4.78 is 1.94. The van der Waals surface area contributed by atoms with Crippen LogP contribution < -0.4 is 10.2 Å². The molecule has 3 rings (SSSR count). The van der Waals surface area contributed by atoms with E-state index in [1.165, 1.54) is 11.8 Å². The standard InChI is InChI=1S/C21H26ClN5OS/c1-4-21(5-2,6-3)23-18(28)15-29-20-25-24-19(26-13-9-10-14-26)27(20)17-12-8-7-11-16(17)22/h1,7-8,11-12H,5-6,9-10,13-15H2,2-3H3,(H,23,28). The number of para-hydroxylation sites is 1. The Hall–Kier alpha value is -2.17. The molecule has 2 heterocycles. The zero-order chi connectivity index (χ0) is 20.9. The van der Waals surface area contributed by atoms with Gasteiger partial charge in [-0.05, 0) is 37.8 Å². The number of amides is 1. The number of hydrogen-bond acceptors (Lipinski definition) is 5. The van der Waals surface area contributed by atoms with Gasteiger partial charge in [0, 0.05) is 13.1 Å². The van der Waals surface area contributed by atoms with Crippen molar-refractivity contribution in [3.63, 3.8) is 0 Å². The van der Waals surface area contributed by atoms with E-state index in [0.717, 1.165) is 37.6 Å². The van der Waals surface area contributed by atoms with Crippen LogP contribution in [0.5, 0.6) is 0 Å². The van der Waals surface area contributed by atoms with Crippen LogP contribution in [0.15, 0.2) is 29.4 Å². The third-order valence-electron chi connectivity index (χ3n) is 5.29. The summed E-state index contributed by atoms with van der Waals surface area (Å²) in [6.07, 6.45) is 9.28. The highest BCUT2D eigenvalue weighted by atomic mass is 35.5. The van der Waals surface area contributed by atoms with Gasteiger partial charge < -0.3 is 10.2 Å². The summed E-state index contributed by atoms with van der Waals surface area (Å²) in [5, 5.41) is 13.0. The van der Waals surface area contributed by atoms with E-state index in [9.17, 15) is 4.79 Å². The topological polar surface area (TPSA) is 63.1 Å². The number of terminal acetylenes is 1. The Kier molecular flexibility index (Phi) is 7.09. The van der Waals surface area contributed by atoms with Crippen molar-refractivity contribution >= 4 is 35.2 Å². The van der Waals surface area contributed by atoms with Crippen LogP contribution in [0, 0.1) is 12.3 Å². The largest absolute Gasteiger partial charge is 0.341 e. The number of halogens is 1. The summed E-state index contributed by atoms with van der Waals surface area (Å²) in [5.74, 6) is 3.58. The predicted octanol–water partition coefficient (Wildman–Crippen LogP) is 3.92. The molecular formula is C21H26ClN5OS. The van der Waals surface area contributed by atoms with Crippen LogP contribution in [0.1, 0.15) is 39.5 Å². The molecule has 1 aromatic heterocycles. The van der Waals surface area contributed by atoms with E-state index in [4.69, 9.17) is 18.0 Å². The number of rotatable bonds is 8. The fourth-order valence-corrected chi connectivity index (χ4v) is 4.38. The summed E-state index contributed by atoms with van der Waals surface area (Å²) in [6.45, 7) is 5.83. The lowest BCUT2D eigenvalue weighted by Gasteiger charge is -2.26. The highest BCUT2D eigenvalue weighted by Crippen LogP contribution is 2.31. The van der Waals surface area contributed by atoms with Gasteiger partial charge in [-0.1, -0.05) is 55.3 Å². The molecule has 1 aromatic carbocycles. The first kappa shape index (κ1) is 21.5. The van der Waals surface area contributed by atoms with Crippen molar-refractivity contribution in [2.75, 3.05) is 23.7 Å². The van der Waals surface area contributed by atoms with Crippen LogP contribution in [0.2, 0.25) is 5.02 Å². The molecule has 1 saturated heterocycles. The van der Waals surface area contributed by atoms with Crippen LogP contribution in [0.25, 0.3) is 5.69 Å². The van der Waals surface area contributed by atoms with Gasteiger partial charge in [-0.3, -0.25) is 9.36 Å². The molecular weight excluding hydrogens is 406 g/mol. The Morgan fingerprint density at radius 2 is 1.97 bits per heavy atom. The number of carbonyl (C=O) groups excluding carboxylic acids is 1. The number of nitrogens with one attached hydrogen (secondary N) is 1. The van der Waals surface area contributed by atoms with Gasteiger partial charge in [0.1, 0.15) is 5.54 Å². The second kappa shape index (κ2) is 9.55. The van der Waals surface area contributed by atoms with Crippen LogP contribution in [-0.2, 0) is 4.79 Å². The van der Waals surface area contributed by atoms with Crippen LogP contribution in [-0.4, -0.2) is 45.1 Å². The number of nitrogens with zero attached hydrogens (tertiary/aromatic N) is 4. The maximum Gasteiger partial charge on any atom is 0.232 e. The van der Waals surface area contributed by atoms with Crippen molar-refractivity contribution in [1.82, 2.24) is 20.1 Å². The first-order valence-electron chi connectivity index (χ1n) is 9.90. The molecule has 0 unspecified atom stereocenters. The average molecular weight is 432 g/mol. The molecule has 0 aliphatic carbocycles. The maximum absolute atomic E-state index is 12.6. The second-order valence-corrected chi connectivity index (χ2v) is 8.38. The quantitative estimate of drug-likeness (QED) is 0.507. The van der Waals surface area contributed by atoms with E-state index in [2.05, 4.69) is 26.3 Å². The lowest BCUT2D eigenvalue weighted by atomic mass is 9.94. The molecule has 6 nitrogen and oxygen atoms in total. The van der Waals surface area contributed by atoms with E-state index in [1.807, 2.05) is 42.7 Å². The first-order valence-corrected chi connectivity index (χ1v) is 11.3. The molecule has 1 aliphatic rings. The lowest BCUT2D eigenvalue weighted by molar-refractivity contribution is -0.119. The smallest absolute Gasteiger partial charge is 0.232 e. The van der Waals surface area contributed by atoms with Crippen molar-refractivity contribution in [2.24, 2.45) is 0 Å². The monoisotopic (exact) mass is 431 g/mol. The van der Waals surface area contributed by atoms with E-state index in [1.54, 1.807) is 0 Å². The number of benzene rings is 1. The van der Waals surface area contributed by atoms with Crippen LogP contribution in [0.3, 0.4) is 0 Å². The van der Waals surface area contributed by atoms with Gasteiger partial charge in [-0.2, -0.15) is 0 Å². The molecule has 0 saturated carbocycles. The normalized spacial score (nSPS) is 14.1. The van der Waals surface area contributed by atoms with Crippen molar-refractivity contribution in [2.45, 2.75) is 50.2 Å². The Balaban J connectivity index is 1.84. The van der Waals surface area contributed by atoms with Gasteiger partial charge in [0.05, 0.1) is 16.5 Å². The van der Waals surface area contributed by atoms with Crippen molar-refractivity contribution < 1.29 is 4.79 Å². The number of anilines is 1. The zero-order valence-corrected chi connectivity index (χ0v) is 18.4. The molecule has 0 spiro atoms. The molecule has 0 bridgehead atoms. The minimum Gasteiger partial charge on any atom is -0.341 e. The van der Waals surface area contributed by atoms with Gasteiger partial charge in [0.15, 0.2) is 5.16 Å². The predicted molar refractivity (Wildman–Crippen MR) is 119 cm³/mol. The van der Waals surface area contributed by atoms with E-state index < -0.39 is 5.54 Å². The number of thioether (sulfide) groups is 1. The molecule has 154 valence electrons. The molecule has 1 aliphatic heterocycles. The van der Waals surface area contributed by atoms with Crippen molar-refractivity contribution in [1.29, 1.82) is 0 Å². The third-order valence-corrected chi connectivity index (χ3v) is 6.54. The summed E-state index contributed by atoms with van der Waals surface area (Å²) in [7, 11) is 0. The van der Waals surface area contributed by atoms with Gasteiger partial charge in [0.2, 0.25) is 11.9 Å². The summed E-state index contributed by atoms with van der Waals surface area (Å²) in [4.78, 5) is 14.8. The molecule has 1 amide bonds. The molecule has 2 aromatic rings. The Labute approximate surface area is 181 Å². The molecule has 0 radical (unpaired) electrons. The Morgan fingerprint density at radius 1 is 1.28 bits per heavy atom. The molecule has 1 N–H and O–H groups in total. The van der Waals surface area contributed by atoms with Gasteiger partial charge in [-0.25, -0.2) is 0 Å². The maximum atomic E-state index is 12.6. The highest BCUT2D eigenvalue weighted by molar-refractivity contribution is 7.99. The zero-order valence-electron chi connectivity index (χ0n) is 16.8. The van der Waals surface area contributed by atoms with Crippen molar-refractivity contribution in [3.05, 3.63) is 29.3 Å². The fourth-order valence-electron chi connectivity index (χ4n) is 3.42. The Morgan fingerprint density at radius 3 is 2.59 bits per heavy atom. The molecule has 8 heteroatoms. The molecule has 1 fully saturated rings. The number of hydrogen-bond donors (Lipinski definition) is 1. The van der Waals surface area contributed by atoms with E-state index in [-0.39, 0.29) is 11.7 Å². The lowest BCUT2D eigenvalue weighted by Crippen LogP contribution is -2.47. The van der Waals surface area contributed by atoms with Crippen LogP contribution in [0.4, 0.5) is 5.95 Å². The summed E-state index contributed by atoms with van der Waals surface area (Å²) in [5.41, 5.74) is 0.207. The van der Waals surface area contributed by atoms with Crippen molar-refractivity contribution in [3.8, 4) is 18.0 Å². The van der Waals surface area contributed by atoms with E-state index in [0.29, 0.717) is 23.0 Å². The molecule has 29 heavy (non-hydrogen) atoms. The second-order valence-electron chi connectivity index (χ2n) is 7.03. The third kappa shape index (κ3) is 4.71. The summed E-state index contributed by atoms with van der Waals surface area (Å²) >= 11 is 7.80. The van der Waals surface area contributed by atoms with E-state index >= 15 is 0 Å². The average Bonchev–Trinajstić information content (AvgIpc) is 3.40. The first-order chi connectivity index (χ1) is 14.0. The fraction of sp³-hybridized carbons (Fsp3) is 0.476. The highest BCUT2D eigenvalue weighted by Gasteiger charge is 2.27. The van der Waals surface area contributed by atoms with Gasteiger partial charge in [0.25, 0.3) is 0 Å². The van der Waals surface area contributed by atoms with Crippen LogP contribution >= 0.6 is 23.4 Å². The minimum absolute atomic E-state index is 0.118. The number of aromatic nitrogens is 3. The number of carbonyl (C=O) groups is 1. The SMILES string of the molecule is C#CC(CC)(CC)NC(=O)CSc1nnc(N2CCCC2)n1-c1ccccc1Cl. The minimum atomic E-state index is -0.602. The molecule has 0 atom stereocenters. The summed E-state index contributed by atoms with van der Waals surface area (Å²) in [6, 6.07) is 7.60. The Bertz CT molecular complexity index is 897. The van der Waals surface area contributed by atoms with Gasteiger partial charge in [-0.15, -0.1) is 16.6 Å².